The Balaban J connectivity index is 1.51. The van der Waals surface area contributed by atoms with Crippen LogP contribution in [0.25, 0.3) is 10.2 Å². The van der Waals surface area contributed by atoms with Crippen LogP contribution in [0.3, 0.4) is 0 Å². The number of nitrogens with one attached hydrogen (secondary N) is 1. The Hall–Kier alpha value is -2.67. The first-order valence-electron chi connectivity index (χ1n) is 11.7. The third kappa shape index (κ3) is 4.06. The third-order valence-electron chi connectivity index (χ3n) is 6.75. The van der Waals surface area contributed by atoms with Crippen LogP contribution < -0.4 is 15.9 Å². The molecule has 1 fully saturated rings. The minimum atomic E-state index is 0.120. The smallest absolute Gasteiger partial charge is 0.264 e. The minimum Gasteiger partial charge on any atom is -0.378 e. The van der Waals surface area contributed by atoms with E-state index in [1.54, 1.807) is 17.6 Å². The Labute approximate surface area is 193 Å². The summed E-state index contributed by atoms with van der Waals surface area (Å²) in [6.07, 6.45) is 11.9. The highest BCUT2D eigenvalue weighted by molar-refractivity contribution is 7.18. The molecular formula is C25H31N5OS. The van der Waals surface area contributed by atoms with Crippen LogP contribution in [0.1, 0.15) is 67.0 Å². The van der Waals surface area contributed by atoms with Gasteiger partial charge in [-0.3, -0.25) is 9.36 Å². The second kappa shape index (κ2) is 9.06. The fourth-order valence-corrected chi connectivity index (χ4v) is 6.25. The monoisotopic (exact) mass is 449 g/mol. The summed E-state index contributed by atoms with van der Waals surface area (Å²) in [5.74, 6) is 0.578. The maximum Gasteiger partial charge on any atom is 0.264 e. The van der Waals surface area contributed by atoms with E-state index in [0.29, 0.717) is 5.95 Å². The van der Waals surface area contributed by atoms with Crippen LogP contribution in [0.4, 0.5) is 11.6 Å². The average molecular weight is 450 g/mol. The van der Waals surface area contributed by atoms with Crippen LogP contribution >= 0.6 is 11.3 Å². The van der Waals surface area contributed by atoms with E-state index in [-0.39, 0.29) is 11.6 Å². The molecule has 5 rings (SSSR count). The zero-order valence-electron chi connectivity index (χ0n) is 18.9. The van der Waals surface area contributed by atoms with Crippen LogP contribution in [0.5, 0.6) is 0 Å². The molecule has 0 atom stereocenters. The van der Waals surface area contributed by atoms with Crippen molar-refractivity contribution in [2.75, 3.05) is 24.4 Å². The summed E-state index contributed by atoms with van der Waals surface area (Å²) in [4.78, 5) is 23.0. The number of anilines is 2. The van der Waals surface area contributed by atoms with Crippen molar-refractivity contribution in [2.45, 2.75) is 63.8 Å². The fourth-order valence-electron chi connectivity index (χ4n) is 5.00. The van der Waals surface area contributed by atoms with Crippen LogP contribution in [0.2, 0.25) is 0 Å². The molecule has 1 aromatic carbocycles. The zero-order valence-corrected chi connectivity index (χ0v) is 19.7. The summed E-state index contributed by atoms with van der Waals surface area (Å²) in [6, 6.07) is 8.42. The number of hydrogen-bond donors (Lipinski definition) is 1. The highest BCUT2D eigenvalue weighted by Gasteiger charge is 2.26. The lowest BCUT2D eigenvalue weighted by Gasteiger charge is -2.25. The predicted molar refractivity (Wildman–Crippen MR) is 135 cm³/mol. The molecule has 0 saturated heterocycles. The number of hydrazone groups is 1. The Kier molecular flexibility index (Phi) is 6.00. The van der Waals surface area contributed by atoms with E-state index in [2.05, 4.69) is 27.6 Å². The summed E-state index contributed by atoms with van der Waals surface area (Å²) in [7, 11) is 4.05. The van der Waals surface area contributed by atoms with E-state index >= 15 is 0 Å². The highest BCUT2D eigenvalue weighted by atomic mass is 32.1. The van der Waals surface area contributed by atoms with Gasteiger partial charge < -0.3 is 4.90 Å². The molecule has 0 radical (unpaired) electrons. The molecule has 2 aliphatic rings. The molecule has 0 spiro atoms. The van der Waals surface area contributed by atoms with Crippen molar-refractivity contribution in [3.63, 3.8) is 0 Å². The van der Waals surface area contributed by atoms with E-state index in [0.717, 1.165) is 60.0 Å². The molecule has 2 aliphatic carbocycles. The van der Waals surface area contributed by atoms with Crippen molar-refractivity contribution in [3.8, 4) is 0 Å². The lowest BCUT2D eigenvalue weighted by atomic mass is 9.94. The molecule has 0 aliphatic heterocycles. The van der Waals surface area contributed by atoms with E-state index in [1.165, 1.54) is 29.7 Å². The van der Waals surface area contributed by atoms with Gasteiger partial charge in [0.05, 0.1) is 11.6 Å². The highest BCUT2D eigenvalue weighted by Crippen LogP contribution is 2.36. The molecule has 1 saturated carbocycles. The van der Waals surface area contributed by atoms with Gasteiger partial charge in [-0.1, -0.05) is 31.4 Å². The van der Waals surface area contributed by atoms with E-state index in [1.807, 2.05) is 30.8 Å². The first-order valence-corrected chi connectivity index (χ1v) is 12.6. The molecule has 2 heterocycles. The van der Waals surface area contributed by atoms with Gasteiger partial charge in [0, 0.05) is 30.7 Å². The van der Waals surface area contributed by atoms with Crippen LogP contribution in [0.15, 0.2) is 34.2 Å². The van der Waals surface area contributed by atoms with Gasteiger partial charge in [-0.2, -0.15) is 5.10 Å². The number of thiophene rings is 1. The number of benzene rings is 1. The molecule has 32 heavy (non-hydrogen) atoms. The largest absolute Gasteiger partial charge is 0.378 e. The van der Waals surface area contributed by atoms with Crippen molar-refractivity contribution in [2.24, 2.45) is 5.10 Å². The molecule has 0 unspecified atom stereocenters. The molecule has 3 aromatic rings. The SMILES string of the molecule is CN(C)c1ccc(C=NNc2nc3sc4c(c3c(=O)n2C2CCCCC2)CCCC4)cc1. The Morgan fingerprint density at radius 2 is 1.84 bits per heavy atom. The molecule has 0 amide bonds. The average Bonchev–Trinajstić information content (AvgIpc) is 3.19. The topological polar surface area (TPSA) is 62.5 Å². The van der Waals surface area contributed by atoms with Gasteiger partial charge in [-0.25, -0.2) is 10.4 Å². The molecule has 0 bridgehead atoms. The van der Waals surface area contributed by atoms with Crippen LogP contribution in [-0.2, 0) is 12.8 Å². The summed E-state index contributed by atoms with van der Waals surface area (Å²) in [5.41, 5.74) is 6.66. The van der Waals surface area contributed by atoms with Gasteiger partial charge in [-0.05, 0) is 61.8 Å². The molecule has 1 N–H and O–H groups in total. The van der Waals surface area contributed by atoms with Crippen LogP contribution in [-0.4, -0.2) is 29.9 Å². The number of aromatic nitrogens is 2. The number of aryl methyl sites for hydroxylation is 2. The van der Waals surface area contributed by atoms with Crippen molar-refractivity contribution < 1.29 is 0 Å². The van der Waals surface area contributed by atoms with Gasteiger partial charge in [0.25, 0.3) is 5.56 Å². The van der Waals surface area contributed by atoms with Crippen molar-refractivity contribution in [3.05, 3.63) is 50.6 Å². The standard InChI is InChI=1S/C25H31N5OS/c1-29(2)18-14-12-17(13-15-18)16-26-28-25-27-23-22(20-10-6-7-11-21(20)32-23)24(31)30(25)19-8-4-3-5-9-19/h12-16,19H,3-11H2,1-2H3,(H,27,28). The minimum absolute atomic E-state index is 0.120. The third-order valence-corrected chi connectivity index (χ3v) is 7.93. The normalized spacial score (nSPS) is 17.1. The van der Waals surface area contributed by atoms with Gasteiger partial charge in [0.15, 0.2) is 0 Å². The maximum atomic E-state index is 13.7. The van der Waals surface area contributed by atoms with Crippen LogP contribution in [0, 0.1) is 0 Å². The second-order valence-corrected chi connectivity index (χ2v) is 10.2. The van der Waals surface area contributed by atoms with Gasteiger partial charge in [0.2, 0.25) is 5.95 Å². The fraction of sp³-hybridized carbons (Fsp3) is 0.480. The first kappa shape index (κ1) is 21.2. The quantitative estimate of drug-likeness (QED) is 0.421. The molecular weight excluding hydrogens is 418 g/mol. The summed E-state index contributed by atoms with van der Waals surface area (Å²) < 4.78 is 1.91. The van der Waals surface area contributed by atoms with E-state index in [4.69, 9.17) is 4.98 Å². The molecule has 168 valence electrons. The summed E-state index contributed by atoms with van der Waals surface area (Å²) in [6.45, 7) is 0. The number of nitrogens with zero attached hydrogens (tertiary/aromatic N) is 4. The lowest BCUT2D eigenvalue weighted by molar-refractivity contribution is 0.348. The molecule has 6 nitrogen and oxygen atoms in total. The van der Waals surface area contributed by atoms with Crippen molar-refractivity contribution in [1.82, 2.24) is 9.55 Å². The molecule has 7 heteroatoms. The van der Waals surface area contributed by atoms with E-state index < -0.39 is 0 Å². The molecule has 2 aromatic heterocycles. The zero-order chi connectivity index (χ0) is 22.1. The summed E-state index contributed by atoms with van der Waals surface area (Å²) in [5, 5.41) is 5.33. The lowest BCUT2D eigenvalue weighted by Crippen LogP contribution is -2.29. The first-order chi connectivity index (χ1) is 15.6. The van der Waals surface area contributed by atoms with Gasteiger partial charge in [-0.15, -0.1) is 11.3 Å². The Morgan fingerprint density at radius 1 is 1.09 bits per heavy atom. The van der Waals surface area contributed by atoms with Gasteiger partial charge >= 0.3 is 0 Å². The predicted octanol–water partition coefficient (Wildman–Crippen LogP) is 5.35. The van der Waals surface area contributed by atoms with Crippen molar-refractivity contribution >= 4 is 39.4 Å². The Morgan fingerprint density at radius 3 is 2.59 bits per heavy atom. The van der Waals surface area contributed by atoms with Gasteiger partial charge in [0.1, 0.15) is 4.83 Å². The number of hydrogen-bond acceptors (Lipinski definition) is 6. The Bertz CT molecular complexity index is 1190. The summed E-state index contributed by atoms with van der Waals surface area (Å²) >= 11 is 1.70. The van der Waals surface area contributed by atoms with E-state index in [9.17, 15) is 4.79 Å². The maximum absolute atomic E-state index is 13.7. The van der Waals surface area contributed by atoms with Crippen molar-refractivity contribution in [1.29, 1.82) is 0 Å². The number of fused-ring (bicyclic) bond motifs is 3. The number of rotatable bonds is 5. The second-order valence-electron chi connectivity index (χ2n) is 9.15.